The molecule has 0 atom stereocenters. The lowest BCUT2D eigenvalue weighted by Crippen LogP contribution is -2.16. The quantitative estimate of drug-likeness (QED) is 0.875. The fraction of sp³-hybridized carbons (Fsp3) is 0.200. The van der Waals surface area contributed by atoms with Crippen LogP contribution in [0.15, 0.2) is 36.4 Å². The summed E-state index contributed by atoms with van der Waals surface area (Å²) in [6, 6.07) is 9.39. The second kappa shape index (κ2) is 5.28. The normalized spacial score (nSPS) is 13.1. The van der Waals surface area contributed by atoms with Crippen molar-refractivity contribution in [3.8, 4) is 17.2 Å². The van der Waals surface area contributed by atoms with E-state index in [0.29, 0.717) is 36.1 Å². The Labute approximate surface area is 115 Å². The predicted octanol–water partition coefficient (Wildman–Crippen LogP) is 2.76. The first-order valence-corrected chi connectivity index (χ1v) is 6.29. The molecule has 104 valence electrons. The molecule has 3 rings (SSSR count). The van der Waals surface area contributed by atoms with E-state index in [1.54, 1.807) is 18.2 Å². The Morgan fingerprint density at radius 3 is 2.40 bits per heavy atom. The molecule has 0 bridgehead atoms. The van der Waals surface area contributed by atoms with Crippen molar-refractivity contribution in [2.45, 2.75) is 6.61 Å². The maximum absolute atomic E-state index is 12.8. The van der Waals surface area contributed by atoms with Crippen LogP contribution in [0.3, 0.4) is 0 Å². The van der Waals surface area contributed by atoms with Crippen LogP contribution in [-0.2, 0) is 6.61 Å². The van der Waals surface area contributed by atoms with Crippen LogP contribution >= 0.6 is 0 Å². The molecule has 2 N–H and O–H groups in total. The molecule has 4 nitrogen and oxygen atoms in total. The van der Waals surface area contributed by atoms with Crippen LogP contribution in [0, 0.1) is 5.82 Å². The molecule has 2 aromatic carbocycles. The van der Waals surface area contributed by atoms with E-state index in [0.717, 1.165) is 5.56 Å². The van der Waals surface area contributed by atoms with Crippen LogP contribution in [0.25, 0.3) is 0 Å². The van der Waals surface area contributed by atoms with Gasteiger partial charge in [0, 0.05) is 17.3 Å². The number of ether oxygens (including phenoxy) is 3. The molecular formula is C15H14FNO3. The van der Waals surface area contributed by atoms with E-state index in [9.17, 15) is 4.39 Å². The second-order valence-electron chi connectivity index (χ2n) is 4.44. The zero-order valence-corrected chi connectivity index (χ0v) is 10.8. The number of nitrogens with two attached hydrogens (primary N) is 1. The first-order chi connectivity index (χ1) is 9.72. The van der Waals surface area contributed by atoms with Gasteiger partial charge in [-0.15, -0.1) is 0 Å². The monoisotopic (exact) mass is 275 g/mol. The van der Waals surface area contributed by atoms with Gasteiger partial charge in [-0.25, -0.2) is 4.39 Å². The maximum atomic E-state index is 12.8. The Hall–Kier alpha value is -2.43. The van der Waals surface area contributed by atoms with Gasteiger partial charge in [0.15, 0.2) is 11.5 Å². The average molecular weight is 275 g/mol. The molecule has 0 aliphatic carbocycles. The lowest BCUT2D eigenvalue weighted by Gasteiger charge is -2.20. The largest absolute Gasteiger partial charge is 0.489 e. The fourth-order valence-corrected chi connectivity index (χ4v) is 1.96. The van der Waals surface area contributed by atoms with Gasteiger partial charge in [0.05, 0.1) is 0 Å². The zero-order chi connectivity index (χ0) is 13.9. The Morgan fingerprint density at radius 2 is 1.70 bits per heavy atom. The fourth-order valence-electron chi connectivity index (χ4n) is 1.96. The van der Waals surface area contributed by atoms with E-state index in [1.165, 1.54) is 12.1 Å². The van der Waals surface area contributed by atoms with E-state index < -0.39 is 0 Å². The minimum Gasteiger partial charge on any atom is -0.489 e. The van der Waals surface area contributed by atoms with E-state index in [2.05, 4.69) is 0 Å². The average Bonchev–Trinajstić information content (AvgIpc) is 2.47. The van der Waals surface area contributed by atoms with Gasteiger partial charge in [0.1, 0.15) is 31.4 Å². The van der Waals surface area contributed by atoms with E-state index in [1.807, 2.05) is 6.07 Å². The molecule has 1 heterocycles. The first kappa shape index (κ1) is 12.6. The van der Waals surface area contributed by atoms with Gasteiger partial charge < -0.3 is 19.9 Å². The summed E-state index contributed by atoms with van der Waals surface area (Å²) >= 11 is 0. The summed E-state index contributed by atoms with van der Waals surface area (Å²) in [7, 11) is 0. The van der Waals surface area contributed by atoms with Crippen molar-refractivity contribution in [2.75, 3.05) is 18.9 Å². The molecule has 0 saturated carbocycles. The molecule has 1 aliphatic rings. The highest BCUT2D eigenvalue weighted by molar-refractivity contribution is 5.58. The number of fused-ring (bicyclic) bond motifs is 1. The summed E-state index contributed by atoms with van der Waals surface area (Å²) < 4.78 is 29.3. The first-order valence-electron chi connectivity index (χ1n) is 6.29. The summed E-state index contributed by atoms with van der Waals surface area (Å²) in [6.45, 7) is 1.33. The van der Waals surface area contributed by atoms with Gasteiger partial charge in [0.25, 0.3) is 0 Å². The molecule has 0 unspecified atom stereocenters. The Balaban J connectivity index is 1.75. The van der Waals surface area contributed by atoms with Gasteiger partial charge in [0.2, 0.25) is 0 Å². The van der Waals surface area contributed by atoms with Crippen molar-refractivity contribution >= 4 is 5.69 Å². The van der Waals surface area contributed by atoms with Crippen molar-refractivity contribution in [1.82, 2.24) is 0 Å². The zero-order valence-electron chi connectivity index (χ0n) is 10.8. The lowest BCUT2D eigenvalue weighted by atomic mass is 10.1. The van der Waals surface area contributed by atoms with Crippen LogP contribution in [0.1, 0.15) is 5.56 Å². The highest BCUT2D eigenvalue weighted by Crippen LogP contribution is 2.34. The van der Waals surface area contributed by atoms with Crippen molar-refractivity contribution in [3.05, 3.63) is 47.8 Å². The second-order valence-corrected chi connectivity index (χ2v) is 4.44. The molecular weight excluding hydrogens is 261 g/mol. The van der Waals surface area contributed by atoms with Crippen LogP contribution in [0.2, 0.25) is 0 Å². The molecule has 0 spiro atoms. The smallest absolute Gasteiger partial charge is 0.163 e. The van der Waals surface area contributed by atoms with Crippen LogP contribution < -0.4 is 19.9 Å². The number of halogens is 1. The van der Waals surface area contributed by atoms with Gasteiger partial charge in [-0.05, 0) is 30.3 Å². The molecule has 0 radical (unpaired) electrons. The predicted molar refractivity (Wildman–Crippen MR) is 72.6 cm³/mol. The van der Waals surface area contributed by atoms with Crippen LogP contribution in [0.4, 0.5) is 10.1 Å². The van der Waals surface area contributed by atoms with E-state index in [4.69, 9.17) is 19.9 Å². The number of nitrogen functional groups attached to an aromatic ring is 1. The van der Waals surface area contributed by atoms with Crippen molar-refractivity contribution in [2.24, 2.45) is 0 Å². The summed E-state index contributed by atoms with van der Waals surface area (Å²) in [5.74, 6) is 1.61. The SMILES string of the molecule is Nc1cc2c(cc1COc1ccc(F)cc1)OCCO2. The summed E-state index contributed by atoms with van der Waals surface area (Å²) in [4.78, 5) is 0. The number of anilines is 1. The molecule has 0 amide bonds. The highest BCUT2D eigenvalue weighted by atomic mass is 19.1. The number of rotatable bonds is 3. The van der Waals surface area contributed by atoms with E-state index >= 15 is 0 Å². The highest BCUT2D eigenvalue weighted by Gasteiger charge is 2.14. The van der Waals surface area contributed by atoms with Crippen LogP contribution in [0.5, 0.6) is 17.2 Å². The molecule has 0 aromatic heterocycles. The summed E-state index contributed by atoms with van der Waals surface area (Å²) in [6.07, 6.45) is 0. The third-order valence-electron chi connectivity index (χ3n) is 3.01. The standard InChI is InChI=1S/C15H14FNO3/c16-11-1-3-12(4-2-11)20-9-10-7-14-15(8-13(10)17)19-6-5-18-14/h1-4,7-8H,5-6,9,17H2. The van der Waals surface area contributed by atoms with Gasteiger partial charge in [-0.1, -0.05) is 0 Å². The summed E-state index contributed by atoms with van der Waals surface area (Å²) in [5, 5.41) is 0. The maximum Gasteiger partial charge on any atom is 0.163 e. The molecule has 0 saturated heterocycles. The molecule has 1 aliphatic heterocycles. The summed E-state index contributed by atoms with van der Waals surface area (Å²) in [5.41, 5.74) is 7.34. The van der Waals surface area contributed by atoms with Gasteiger partial charge in [-0.2, -0.15) is 0 Å². The van der Waals surface area contributed by atoms with Gasteiger partial charge in [-0.3, -0.25) is 0 Å². The minimum atomic E-state index is -0.295. The minimum absolute atomic E-state index is 0.286. The van der Waals surface area contributed by atoms with Crippen molar-refractivity contribution in [3.63, 3.8) is 0 Å². The van der Waals surface area contributed by atoms with Crippen molar-refractivity contribution in [1.29, 1.82) is 0 Å². The van der Waals surface area contributed by atoms with Crippen molar-refractivity contribution < 1.29 is 18.6 Å². The number of benzene rings is 2. The van der Waals surface area contributed by atoms with Crippen LogP contribution in [-0.4, -0.2) is 13.2 Å². The Morgan fingerprint density at radius 1 is 1.05 bits per heavy atom. The lowest BCUT2D eigenvalue weighted by molar-refractivity contribution is 0.171. The molecule has 0 fully saturated rings. The topological polar surface area (TPSA) is 53.7 Å². The third kappa shape index (κ3) is 2.61. The Bertz CT molecular complexity index is 613. The third-order valence-corrected chi connectivity index (χ3v) is 3.01. The molecule has 2 aromatic rings. The number of hydrogen-bond donors (Lipinski definition) is 1. The van der Waals surface area contributed by atoms with E-state index in [-0.39, 0.29) is 12.4 Å². The van der Waals surface area contributed by atoms with Gasteiger partial charge >= 0.3 is 0 Å². The molecule has 20 heavy (non-hydrogen) atoms. The molecule has 5 heteroatoms. The number of hydrogen-bond acceptors (Lipinski definition) is 4. The Kier molecular flexibility index (Phi) is 3.33.